The maximum atomic E-state index is 12.0. The van der Waals surface area contributed by atoms with Crippen molar-refractivity contribution in [3.05, 3.63) is 42.0 Å². The van der Waals surface area contributed by atoms with Crippen LogP contribution >= 0.6 is 0 Å². The van der Waals surface area contributed by atoms with E-state index in [4.69, 9.17) is 9.26 Å². The van der Waals surface area contributed by atoms with Crippen molar-refractivity contribution < 1.29 is 14.1 Å². The van der Waals surface area contributed by atoms with E-state index in [9.17, 15) is 4.79 Å². The van der Waals surface area contributed by atoms with Crippen molar-refractivity contribution in [3.8, 4) is 5.75 Å². The Balaban J connectivity index is 1.64. The van der Waals surface area contributed by atoms with Crippen molar-refractivity contribution in [1.29, 1.82) is 0 Å². The first-order valence-corrected chi connectivity index (χ1v) is 7.36. The number of nitrogens with zero attached hydrogens (tertiary/aromatic N) is 2. The maximum absolute atomic E-state index is 12.0. The third-order valence-corrected chi connectivity index (χ3v) is 3.70. The fourth-order valence-electron chi connectivity index (χ4n) is 2.55. The summed E-state index contributed by atoms with van der Waals surface area (Å²) in [5.74, 6) is 1.66. The number of ketones is 1. The summed E-state index contributed by atoms with van der Waals surface area (Å²) in [6.07, 6.45) is 4.52. The molecule has 1 unspecified atom stereocenters. The molecule has 0 spiro atoms. The molecule has 1 aliphatic carbocycles. The van der Waals surface area contributed by atoms with E-state index in [1.54, 1.807) is 0 Å². The quantitative estimate of drug-likeness (QED) is 0.807. The molecule has 1 atom stereocenters. The van der Waals surface area contributed by atoms with E-state index in [1.807, 2.05) is 30.3 Å². The molecule has 0 radical (unpaired) electrons. The maximum Gasteiger partial charge on any atom is 0.237 e. The van der Waals surface area contributed by atoms with Gasteiger partial charge in [-0.15, -0.1) is 0 Å². The van der Waals surface area contributed by atoms with Gasteiger partial charge in [0, 0.05) is 6.42 Å². The second-order valence-corrected chi connectivity index (χ2v) is 5.27. The monoisotopic (exact) mass is 286 g/mol. The smallest absolute Gasteiger partial charge is 0.237 e. The van der Waals surface area contributed by atoms with Gasteiger partial charge < -0.3 is 9.26 Å². The molecule has 0 N–H and O–H groups in total. The minimum Gasteiger partial charge on any atom is -0.485 e. The molecule has 5 heteroatoms. The first kappa shape index (κ1) is 13.8. The minimum atomic E-state index is -0.231. The van der Waals surface area contributed by atoms with E-state index < -0.39 is 0 Å². The van der Waals surface area contributed by atoms with E-state index >= 15 is 0 Å². The molecule has 3 rings (SSSR count). The molecule has 110 valence electrons. The predicted molar refractivity (Wildman–Crippen MR) is 75.9 cm³/mol. The first-order chi connectivity index (χ1) is 10.3. The molecule has 2 aromatic rings. The molecule has 1 saturated carbocycles. The minimum absolute atomic E-state index is 0.215. The molecule has 0 saturated heterocycles. The van der Waals surface area contributed by atoms with Crippen LogP contribution in [0.5, 0.6) is 5.75 Å². The molecule has 0 aliphatic heterocycles. The van der Waals surface area contributed by atoms with Crippen molar-refractivity contribution in [2.75, 3.05) is 0 Å². The summed E-state index contributed by atoms with van der Waals surface area (Å²) in [7, 11) is 0. The van der Waals surface area contributed by atoms with E-state index in [1.165, 1.54) is 0 Å². The number of benzene rings is 1. The largest absolute Gasteiger partial charge is 0.485 e. The normalized spacial score (nSPS) is 19.2. The van der Waals surface area contributed by atoms with Gasteiger partial charge in [0.2, 0.25) is 11.7 Å². The topological polar surface area (TPSA) is 65.2 Å². The molecule has 1 fully saturated rings. The zero-order valence-electron chi connectivity index (χ0n) is 11.8. The van der Waals surface area contributed by atoms with Crippen LogP contribution in [0.4, 0.5) is 0 Å². The van der Waals surface area contributed by atoms with Crippen LogP contribution in [0, 0.1) is 0 Å². The number of hydrogen-bond acceptors (Lipinski definition) is 5. The average Bonchev–Trinajstić information content (AvgIpc) is 2.88. The molecule has 0 bridgehead atoms. The molecule has 1 aliphatic rings. The van der Waals surface area contributed by atoms with Crippen molar-refractivity contribution in [3.63, 3.8) is 0 Å². The number of rotatable bonds is 4. The van der Waals surface area contributed by atoms with Crippen molar-refractivity contribution in [2.45, 2.75) is 44.6 Å². The third-order valence-electron chi connectivity index (χ3n) is 3.70. The lowest BCUT2D eigenvalue weighted by atomic mass is 9.99. The Bertz CT molecular complexity index is 595. The highest BCUT2D eigenvalue weighted by Crippen LogP contribution is 2.28. The van der Waals surface area contributed by atoms with Gasteiger partial charge in [-0.3, -0.25) is 4.79 Å². The number of ether oxygens (including phenoxy) is 1. The highest BCUT2D eigenvalue weighted by atomic mass is 16.5. The van der Waals surface area contributed by atoms with Crippen LogP contribution < -0.4 is 4.74 Å². The second kappa shape index (κ2) is 6.52. The van der Waals surface area contributed by atoms with Gasteiger partial charge in [0.25, 0.3) is 0 Å². The number of para-hydroxylation sites is 1. The summed E-state index contributed by atoms with van der Waals surface area (Å²) >= 11 is 0. The first-order valence-electron chi connectivity index (χ1n) is 7.36. The van der Waals surface area contributed by atoms with Gasteiger partial charge in [0.1, 0.15) is 11.5 Å². The standard InChI is InChI=1S/C16H18N2O3/c19-14-10-6-2-5-9-13(14)16-17-15(18-21-16)11-20-12-7-3-1-4-8-12/h1,3-4,7-8,13H,2,5-6,9-11H2. The molecule has 1 aromatic carbocycles. The van der Waals surface area contributed by atoms with Gasteiger partial charge in [-0.25, -0.2) is 0 Å². The van der Waals surface area contributed by atoms with Gasteiger partial charge in [0.05, 0.1) is 5.92 Å². The summed E-state index contributed by atoms with van der Waals surface area (Å²) < 4.78 is 10.8. The molecule has 1 aromatic heterocycles. The van der Waals surface area contributed by atoms with Gasteiger partial charge >= 0.3 is 0 Å². The van der Waals surface area contributed by atoms with Gasteiger partial charge in [0.15, 0.2) is 6.61 Å². The van der Waals surface area contributed by atoms with Gasteiger partial charge in [-0.05, 0) is 25.0 Å². The lowest BCUT2D eigenvalue weighted by Gasteiger charge is -2.06. The second-order valence-electron chi connectivity index (χ2n) is 5.27. The number of carbonyl (C=O) groups excluding carboxylic acids is 1. The molecule has 0 amide bonds. The van der Waals surface area contributed by atoms with Crippen LogP contribution in [0.1, 0.15) is 49.7 Å². The fraction of sp³-hybridized carbons (Fsp3) is 0.438. The predicted octanol–water partition coefficient (Wildman–Crippen LogP) is 3.27. The van der Waals surface area contributed by atoms with Crippen molar-refractivity contribution >= 4 is 5.78 Å². The molecule has 5 nitrogen and oxygen atoms in total. The van der Waals surface area contributed by atoms with Crippen LogP contribution in [-0.2, 0) is 11.4 Å². The van der Waals surface area contributed by atoms with Crippen molar-refractivity contribution in [1.82, 2.24) is 10.1 Å². The zero-order valence-corrected chi connectivity index (χ0v) is 11.8. The Hall–Kier alpha value is -2.17. The number of hydrogen-bond donors (Lipinski definition) is 0. The highest BCUT2D eigenvalue weighted by Gasteiger charge is 2.27. The van der Waals surface area contributed by atoms with Gasteiger partial charge in [-0.1, -0.05) is 36.2 Å². The summed E-state index contributed by atoms with van der Waals surface area (Å²) in [5, 5.41) is 3.91. The van der Waals surface area contributed by atoms with Crippen molar-refractivity contribution in [2.24, 2.45) is 0 Å². The highest BCUT2D eigenvalue weighted by molar-refractivity contribution is 5.84. The van der Waals surface area contributed by atoms with Crippen LogP contribution in [0.25, 0.3) is 0 Å². The zero-order chi connectivity index (χ0) is 14.5. The Labute approximate surface area is 123 Å². The summed E-state index contributed by atoms with van der Waals surface area (Å²) in [6.45, 7) is 0.244. The lowest BCUT2D eigenvalue weighted by molar-refractivity contribution is -0.120. The Morgan fingerprint density at radius 3 is 2.90 bits per heavy atom. The van der Waals surface area contributed by atoms with E-state index in [0.717, 1.165) is 31.4 Å². The van der Waals surface area contributed by atoms with Crippen LogP contribution in [0.2, 0.25) is 0 Å². The molecule has 1 heterocycles. The fourth-order valence-corrected chi connectivity index (χ4v) is 2.55. The SMILES string of the molecule is O=C1CCCCCC1c1nc(COc2ccccc2)no1. The Morgan fingerprint density at radius 1 is 1.19 bits per heavy atom. The summed E-state index contributed by atoms with van der Waals surface area (Å²) in [5.41, 5.74) is 0. The van der Waals surface area contributed by atoms with E-state index in [-0.39, 0.29) is 18.3 Å². The molecule has 21 heavy (non-hydrogen) atoms. The average molecular weight is 286 g/mol. The van der Waals surface area contributed by atoms with E-state index in [0.29, 0.717) is 18.1 Å². The van der Waals surface area contributed by atoms with Crippen LogP contribution in [-0.4, -0.2) is 15.9 Å². The van der Waals surface area contributed by atoms with Crippen LogP contribution in [0.15, 0.2) is 34.9 Å². The summed E-state index contributed by atoms with van der Waals surface area (Å²) in [4.78, 5) is 16.4. The number of Topliss-reactive ketones (excluding diaryl/α,β-unsaturated/α-hetero) is 1. The molecular formula is C16H18N2O3. The van der Waals surface area contributed by atoms with E-state index in [2.05, 4.69) is 10.1 Å². The molecular weight excluding hydrogens is 268 g/mol. The van der Waals surface area contributed by atoms with Gasteiger partial charge in [-0.2, -0.15) is 4.98 Å². The Kier molecular flexibility index (Phi) is 4.28. The van der Waals surface area contributed by atoms with Crippen LogP contribution in [0.3, 0.4) is 0 Å². The third kappa shape index (κ3) is 3.48. The Morgan fingerprint density at radius 2 is 2.05 bits per heavy atom. The number of carbonyl (C=O) groups is 1. The lowest BCUT2D eigenvalue weighted by Crippen LogP contribution is -2.11. The summed E-state index contributed by atoms with van der Waals surface area (Å²) in [6, 6.07) is 9.48. The number of aromatic nitrogens is 2.